The van der Waals surface area contributed by atoms with Crippen LogP contribution in [0.5, 0.6) is 5.75 Å². The van der Waals surface area contributed by atoms with Gasteiger partial charge < -0.3 is 10.5 Å². The number of nitrogens with two attached hydrogens (primary N) is 1. The lowest BCUT2D eigenvalue weighted by Gasteiger charge is -2.07. The first-order chi connectivity index (χ1) is 9.22. The molecule has 2 aromatic carbocycles. The number of rotatable bonds is 5. The van der Waals surface area contributed by atoms with Gasteiger partial charge >= 0.3 is 0 Å². The van der Waals surface area contributed by atoms with E-state index in [-0.39, 0.29) is 0 Å². The van der Waals surface area contributed by atoms with Gasteiger partial charge in [-0.05, 0) is 51.3 Å². The highest BCUT2D eigenvalue weighted by molar-refractivity contribution is 9.10. The highest BCUT2D eigenvalue weighted by atomic mass is 79.9. The topological polar surface area (TPSA) is 35.2 Å². The van der Waals surface area contributed by atoms with Crippen LogP contribution in [-0.4, -0.2) is 7.11 Å². The summed E-state index contributed by atoms with van der Waals surface area (Å²) in [5, 5.41) is 0. The zero-order valence-corrected chi connectivity index (χ0v) is 13.1. The van der Waals surface area contributed by atoms with Gasteiger partial charge in [-0.2, -0.15) is 0 Å². The van der Waals surface area contributed by atoms with Crippen molar-refractivity contribution in [3.63, 3.8) is 0 Å². The number of hydrogen-bond acceptors (Lipinski definition) is 3. The fraction of sp³-hybridized carbons (Fsp3) is 0.200. The van der Waals surface area contributed by atoms with E-state index in [1.54, 1.807) is 7.11 Å². The Morgan fingerprint density at radius 1 is 1.11 bits per heavy atom. The molecule has 0 aliphatic rings. The van der Waals surface area contributed by atoms with Crippen molar-refractivity contribution in [3.8, 4) is 5.75 Å². The van der Waals surface area contributed by atoms with Crippen LogP contribution in [0.2, 0.25) is 0 Å². The van der Waals surface area contributed by atoms with E-state index in [0.29, 0.717) is 6.54 Å². The molecule has 100 valence electrons. The number of benzene rings is 2. The summed E-state index contributed by atoms with van der Waals surface area (Å²) in [6.45, 7) is 0.594. The standard InChI is InChI=1S/C15H16BrNOS/c1-18-15-7-4-12(8-14(15)16)10-19-13-5-2-11(9-17)3-6-13/h2-8H,9-10,17H2,1H3. The van der Waals surface area contributed by atoms with Crippen LogP contribution >= 0.6 is 27.7 Å². The van der Waals surface area contributed by atoms with E-state index in [4.69, 9.17) is 10.5 Å². The molecule has 2 N–H and O–H groups in total. The van der Waals surface area contributed by atoms with E-state index in [0.717, 1.165) is 21.5 Å². The van der Waals surface area contributed by atoms with Gasteiger partial charge in [0.15, 0.2) is 0 Å². The molecule has 0 fully saturated rings. The SMILES string of the molecule is COc1ccc(CSc2ccc(CN)cc2)cc1Br. The molecule has 0 saturated heterocycles. The Bertz CT molecular complexity index is 542. The Balaban J connectivity index is 1.99. The smallest absolute Gasteiger partial charge is 0.133 e. The van der Waals surface area contributed by atoms with Crippen molar-refractivity contribution in [1.29, 1.82) is 0 Å². The first-order valence-corrected chi connectivity index (χ1v) is 7.75. The van der Waals surface area contributed by atoms with Crippen molar-refractivity contribution in [2.45, 2.75) is 17.2 Å². The first kappa shape index (κ1) is 14.4. The highest BCUT2D eigenvalue weighted by Gasteiger charge is 2.02. The van der Waals surface area contributed by atoms with E-state index >= 15 is 0 Å². The van der Waals surface area contributed by atoms with Gasteiger partial charge in [0.1, 0.15) is 5.75 Å². The van der Waals surface area contributed by atoms with E-state index in [9.17, 15) is 0 Å². The average molecular weight is 338 g/mol. The Morgan fingerprint density at radius 3 is 2.37 bits per heavy atom. The number of ether oxygens (including phenoxy) is 1. The predicted molar refractivity (Wildman–Crippen MR) is 84.6 cm³/mol. The predicted octanol–water partition coefficient (Wildman–Crippen LogP) is 4.21. The van der Waals surface area contributed by atoms with Gasteiger partial charge in [-0.3, -0.25) is 0 Å². The normalized spacial score (nSPS) is 10.5. The van der Waals surface area contributed by atoms with Gasteiger partial charge in [0.2, 0.25) is 0 Å². The fourth-order valence-electron chi connectivity index (χ4n) is 1.69. The summed E-state index contributed by atoms with van der Waals surface area (Å²) >= 11 is 5.32. The van der Waals surface area contributed by atoms with E-state index < -0.39 is 0 Å². The van der Waals surface area contributed by atoms with Crippen LogP contribution in [0.4, 0.5) is 0 Å². The molecule has 0 aliphatic heterocycles. The fourth-order valence-corrected chi connectivity index (χ4v) is 3.12. The largest absolute Gasteiger partial charge is 0.496 e. The minimum absolute atomic E-state index is 0.594. The zero-order valence-electron chi connectivity index (χ0n) is 10.7. The third-order valence-electron chi connectivity index (χ3n) is 2.78. The van der Waals surface area contributed by atoms with Crippen molar-refractivity contribution >= 4 is 27.7 Å². The second-order valence-electron chi connectivity index (χ2n) is 4.11. The molecule has 2 nitrogen and oxygen atoms in total. The van der Waals surface area contributed by atoms with E-state index in [1.807, 2.05) is 17.8 Å². The molecule has 2 aromatic rings. The van der Waals surface area contributed by atoms with Crippen LogP contribution in [0.25, 0.3) is 0 Å². The Hall–Kier alpha value is -0.970. The van der Waals surface area contributed by atoms with Crippen molar-refractivity contribution in [1.82, 2.24) is 0 Å². The summed E-state index contributed by atoms with van der Waals surface area (Å²) in [6.07, 6.45) is 0. The lowest BCUT2D eigenvalue weighted by atomic mass is 10.2. The van der Waals surface area contributed by atoms with Crippen LogP contribution < -0.4 is 10.5 Å². The monoisotopic (exact) mass is 337 g/mol. The maximum absolute atomic E-state index is 5.59. The Morgan fingerprint density at radius 2 is 1.79 bits per heavy atom. The second kappa shape index (κ2) is 6.98. The summed E-state index contributed by atoms with van der Waals surface area (Å²) in [5.41, 5.74) is 8.01. The molecule has 4 heteroatoms. The van der Waals surface area contributed by atoms with Gasteiger partial charge in [-0.15, -0.1) is 11.8 Å². The van der Waals surface area contributed by atoms with Crippen LogP contribution in [0, 0.1) is 0 Å². The van der Waals surface area contributed by atoms with Crippen LogP contribution in [0.15, 0.2) is 51.8 Å². The van der Waals surface area contributed by atoms with E-state index in [1.165, 1.54) is 10.5 Å². The quantitative estimate of drug-likeness (QED) is 0.830. The molecule has 19 heavy (non-hydrogen) atoms. The summed E-state index contributed by atoms with van der Waals surface area (Å²) in [7, 11) is 1.67. The van der Waals surface area contributed by atoms with Gasteiger partial charge in [-0.1, -0.05) is 18.2 Å². The lowest BCUT2D eigenvalue weighted by molar-refractivity contribution is 0.412. The van der Waals surface area contributed by atoms with Gasteiger partial charge in [0.25, 0.3) is 0 Å². The number of halogens is 1. The summed E-state index contributed by atoms with van der Waals surface area (Å²) in [6, 6.07) is 14.6. The van der Waals surface area contributed by atoms with Gasteiger partial charge in [0.05, 0.1) is 11.6 Å². The van der Waals surface area contributed by atoms with Crippen molar-refractivity contribution in [2.75, 3.05) is 7.11 Å². The second-order valence-corrected chi connectivity index (χ2v) is 6.01. The Kier molecular flexibility index (Phi) is 5.31. The van der Waals surface area contributed by atoms with Crippen molar-refractivity contribution in [2.24, 2.45) is 5.73 Å². The third-order valence-corrected chi connectivity index (χ3v) is 4.48. The van der Waals surface area contributed by atoms with Gasteiger partial charge in [-0.25, -0.2) is 0 Å². The Labute approximate surface area is 126 Å². The molecule has 0 aromatic heterocycles. The molecule has 0 amide bonds. The molecule has 0 saturated carbocycles. The summed E-state index contributed by atoms with van der Waals surface area (Å²) in [4.78, 5) is 1.25. The molecule has 2 rings (SSSR count). The zero-order chi connectivity index (χ0) is 13.7. The molecular formula is C15H16BrNOS. The number of thioether (sulfide) groups is 1. The van der Waals surface area contributed by atoms with Crippen LogP contribution in [0.3, 0.4) is 0 Å². The average Bonchev–Trinajstić information content (AvgIpc) is 2.46. The van der Waals surface area contributed by atoms with Crippen LogP contribution in [0.1, 0.15) is 11.1 Å². The molecule has 0 radical (unpaired) electrons. The lowest BCUT2D eigenvalue weighted by Crippen LogP contribution is -1.94. The maximum Gasteiger partial charge on any atom is 0.133 e. The molecule has 0 aliphatic carbocycles. The summed E-state index contributed by atoms with van der Waals surface area (Å²) < 4.78 is 6.21. The molecule has 0 spiro atoms. The highest BCUT2D eigenvalue weighted by Crippen LogP contribution is 2.29. The maximum atomic E-state index is 5.59. The first-order valence-electron chi connectivity index (χ1n) is 5.97. The molecule has 0 atom stereocenters. The van der Waals surface area contributed by atoms with Crippen LogP contribution in [-0.2, 0) is 12.3 Å². The molecule has 0 heterocycles. The third kappa shape index (κ3) is 4.00. The molecule has 0 bridgehead atoms. The van der Waals surface area contributed by atoms with E-state index in [2.05, 4.69) is 52.3 Å². The minimum atomic E-state index is 0.594. The molecule has 0 unspecified atom stereocenters. The van der Waals surface area contributed by atoms with Crippen molar-refractivity contribution in [3.05, 3.63) is 58.1 Å². The molecular weight excluding hydrogens is 322 g/mol. The minimum Gasteiger partial charge on any atom is -0.496 e. The van der Waals surface area contributed by atoms with Crippen molar-refractivity contribution < 1.29 is 4.74 Å². The van der Waals surface area contributed by atoms with Gasteiger partial charge in [0, 0.05) is 17.2 Å². The number of methoxy groups -OCH3 is 1. The number of hydrogen-bond donors (Lipinski definition) is 1. The summed E-state index contributed by atoms with van der Waals surface area (Å²) in [5.74, 6) is 1.80.